The first-order valence-electron chi connectivity index (χ1n) is 7.53. The van der Waals surface area contributed by atoms with Crippen molar-refractivity contribution in [3.05, 3.63) is 55.2 Å². The summed E-state index contributed by atoms with van der Waals surface area (Å²) in [7, 11) is 0. The second-order valence-corrected chi connectivity index (χ2v) is 13.9. The van der Waals surface area contributed by atoms with E-state index in [1.54, 1.807) is 18.8 Å². The van der Waals surface area contributed by atoms with Crippen molar-refractivity contribution in [3.8, 4) is 0 Å². The van der Waals surface area contributed by atoms with Gasteiger partial charge in [-0.25, -0.2) is 0 Å². The summed E-state index contributed by atoms with van der Waals surface area (Å²) in [6.07, 6.45) is 5.21. The van der Waals surface area contributed by atoms with Crippen molar-refractivity contribution in [2.24, 2.45) is 5.92 Å². The zero-order valence-electron chi connectivity index (χ0n) is 12.4. The quantitative estimate of drug-likeness (QED) is 0.669. The van der Waals surface area contributed by atoms with Crippen LogP contribution in [0.4, 0.5) is 0 Å². The van der Waals surface area contributed by atoms with E-state index in [-0.39, 0.29) is 0 Å². The summed E-state index contributed by atoms with van der Waals surface area (Å²) in [5, 5.41) is 0. The Kier molecular flexibility index (Phi) is 3.50. The zero-order chi connectivity index (χ0) is 15.0. The van der Waals surface area contributed by atoms with Gasteiger partial charge in [-0.05, 0) is 0 Å². The van der Waals surface area contributed by atoms with Gasteiger partial charge < -0.3 is 0 Å². The summed E-state index contributed by atoms with van der Waals surface area (Å²) in [6.45, 7) is 3.75. The fraction of sp³-hybridized carbons (Fsp3) is 0.294. The van der Waals surface area contributed by atoms with Gasteiger partial charge in [0, 0.05) is 0 Å². The minimum absolute atomic E-state index is 0.364. The third-order valence-electron chi connectivity index (χ3n) is 4.65. The van der Waals surface area contributed by atoms with Crippen LogP contribution in [0.15, 0.2) is 68.4 Å². The number of rotatable bonds is 4. The van der Waals surface area contributed by atoms with Gasteiger partial charge in [0.05, 0.1) is 0 Å². The molecule has 114 valence electrons. The van der Waals surface area contributed by atoms with Crippen molar-refractivity contribution in [3.63, 3.8) is 0 Å². The number of hydrogen-bond acceptors (Lipinski definition) is 4. The van der Waals surface area contributed by atoms with Crippen molar-refractivity contribution >= 4 is 27.0 Å². The molecule has 22 heavy (non-hydrogen) atoms. The summed E-state index contributed by atoms with van der Waals surface area (Å²) >= 11 is -3.19. The zero-order valence-corrected chi connectivity index (χ0v) is 14.5. The van der Waals surface area contributed by atoms with Crippen molar-refractivity contribution in [1.82, 2.24) is 0 Å². The van der Waals surface area contributed by atoms with Gasteiger partial charge in [0.15, 0.2) is 0 Å². The Bertz CT molecular complexity index is 616. The molecular formula is C17H18GeO4. The summed E-state index contributed by atoms with van der Waals surface area (Å²) in [5.41, 5.74) is 0. The third-order valence-corrected chi connectivity index (χ3v) is 15.2. The van der Waals surface area contributed by atoms with Gasteiger partial charge in [0.2, 0.25) is 0 Å². The SMILES string of the molecule is C[C@@H]1COC[C@H]1[Ge]([c]1ccco1)([c]1ccco1)[c]1ccco1. The molecule has 0 spiro atoms. The minimum atomic E-state index is -3.19. The fourth-order valence-corrected chi connectivity index (χ4v) is 14.1. The fourth-order valence-electron chi connectivity index (χ4n) is 3.63. The first-order valence-corrected chi connectivity index (χ1v) is 11.9. The summed E-state index contributed by atoms with van der Waals surface area (Å²) in [5.74, 6) is 0.445. The molecule has 4 rings (SSSR count). The monoisotopic (exact) mass is 360 g/mol. The molecule has 1 aliphatic rings. The number of ether oxygens (including phenoxy) is 1. The van der Waals surface area contributed by atoms with E-state index in [9.17, 15) is 0 Å². The van der Waals surface area contributed by atoms with E-state index < -0.39 is 13.3 Å². The van der Waals surface area contributed by atoms with Gasteiger partial charge in [0.25, 0.3) is 0 Å². The molecule has 0 bridgehead atoms. The van der Waals surface area contributed by atoms with Gasteiger partial charge >= 0.3 is 131 Å². The molecule has 0 unspecified atom stereocenters. The standard InChI is InChI=1S/C17H18GeO4/c1-13-11-19-12-14(13)18(15-5-2-8-20-15,16-6-3-9-21-16)17-7-4-10-22-17/h2-10,13-14H,11-12H2,1H3/t13-,14-/m1/s1. The van der Waals surface area contributed by atoms with Crippen molar-refractivity contribution < 1.29 is 18.0 Å². The van der Waals surface area contributed by atoms with E-state index in [1.807, 2.05) is 18.2 Å². The Morgan fingerprint density at radius 3 is 1.64 bits per heavy atom. The van der Waals surface area contributed by atoms with Crippen LogP contribution in [0.3, 0.4) is 0 Å². The van der Waals surface area contributed by atoms with E-state index in [2.05, 4.69) is 25.1 Å². The Morgan fingerprint density at radius 2 is 1.32 bits per heavy atom. The molecule has 4 heterocycles. The van der Waals surface area contributed by atoms with Gasteiger partial charge in [-0.3, -0.25) is 0 Å². The Balaban J connectivity index is 2.00. The third kappa shape index (κ3) is 1.94. The molecule has 3 aromatic rings. The van der Waals surface area contributed by atoms with Crippen LogP contribution in [0.2, 0.25) is 4.75 Å². The van der Waals surface area contributed by atoms with Crippen LogP contribution in [0, 0.1) is 5.92 Å². The van der Waals surface area contributed by atoms with Crippen LogP contribution in [-0.2, 0) is 4.74 Å². The molecule has 1 aliphatic heterocycles. The van der Waals surface area contributed by atoms with Crippen LogP contribution < -0.4 is 13.8 Å². The van der Waals surface area contributed by atoms with E-state index in [4.69, 9.17) is 18.0 Å². The van der Waals surface area contributed by atoms with Crippen LogP contribution in [-0.4, -0.2) is 26.5 Å². The van der Waals surface area contributed by atoms with Crippen LogP contribution in [0.5, 0.6) is 0 Å². The second kappa shape index (κ2) is 5.52. The Morgan fingerprint density at radius 1 is 0.818 bits per heavy atom. The molecule has 4 nitrogen and oxygen atoms in total. The molecule has 1 saturated heterocycles. The molecule has 0 saturated carbocycles. The molecular weight excluding hydrogens is 341 g/mol. The van der Waals surface area contributed by atoms with Crippen LogP contribution in [0.1, 0.15) is 6.92 Å². The molecule has 2 atom stereocenters. The first-order chi connectivity index (χ1) is 10.8. The average Bonchev–Trinajstić information content (AvgIpc) is 3.32. The average molecular weight is 359 g/mol. The van der Waals surface area contributed by atoms with Crippen LogP contribution in [0.25, 0.3) is 0 Å². The molecule has 0 amide bonds. The molecule has 0 N–H and O–H groups in total. The van der Waals surface area contributed by atoms with Gasteiger partial charge in [-0.1, -0.05) is 0 Å². The van der Waals surface area contributed by atoms with Gasteiger partial charge in [0.1, 0.15) is 0 Å². The first kappa shape index (κ1) is 14.0. The summed E-state index contributed by atoms with van der Waals surface area (Å²) < 4.78 is 26.9. The van der Waals surface area contributed by atoms with E-state index in [0.717, 1.165) is 27.0 Å². The molecule has 5 heteroatoms. The predicted octanol–water partition coefficient (Wildman–Crippen LogP) is 1.97. The molecule has 1 fully saturated rings. The molecule has 0 aromatic carbocycles. The summed E-state index contributed by atoms with van der Waals surface area (Å²) in [6, 6.07) is 12.0. The van der Waals surface area contributed by atoms with Gasteiger partial charge in [-0.15, -0.1) is 0 Å². The predicted molar refractivity (Wildman–Crippen MR) is 84.5 cm³/mol. The number of hydrogen-bond donors (Lipinski definition) is 0. The molecule has 3 aromatic heterocycles. The van der Waals surface area contributed by atoms with E-state index >= 15 is 0 Å². The molecule has 0 aliphatic carbocycles. The van der Waals surface area contributed by atoms with E-state index in [1.165, 1.54) is 0 Å². The Labute approximate surface area is 131 Å². The normalized spacial score (nSPS) is 22.2. The molecule has 0 radical (unpaired) electrons. The maximum absolute atomic E-state index is 5.92. The second-order valence-electron chi connectivity index (χ2n) is 5.86. The van der Waals surface area contributed by atoms with E-state index in [0.29, 0.717) is 10.7 Å². The Hall–Kier alpha value is -1.66. The topological polar surface area (TPSA) is 48.7 Å². The van der Waals surface area contributed by atoms with Crippen molar-refractivity contribution in [1.29, 1.82) is 0 Å². The van der Waals surface area contributed by atoms with Gasteiger partial charge in [-0.2, -0.15) is 0 Å². The summed E-state index contributed by atoms with van der Waals surface area (Å²) in [4.78, 5) is 0. The van der Waals surface area contributed by atoms with Crippen molar-refractivity contribution in [2.45, 2.75) is 11.7 Å². The maximum atomic E-state index is 5.92. The van der Waals surface area contributed by atoms with Crippen LogP contribution >= 0.6 is 0 Å². The number of furan rings is 3. The van der Waals surface area contributed by atoms with Crippen molar-refractivity contribution in [2.75, 3.05) is 13.2 Å².